The molecule has 15 heavy (non-hydrogen) atoms. The molecule has 5 heteroatoms. The third-order valence-corrected chi connectivity index (χ3v) is 3.07. The molecule has 0 spiro atoms. The number of carboxylic acid groups (broad SMARTS) is 1. The molecule has 0 aromatic heterocycles. The van der Waals surface area contributed by atoms with Crippen LogP contribution in [0.25, 0.3) is 0 Å². The van der Waals surface area contributed by atoms with Crippen LogP contribution in [0.1, 0.15) is 39.0 Å². The van der Waals surface area contributed by atoms with Gasteiger partial charge in [-0.05, 0) is 12.8 Å². The molecule has 0 atom stereocenters. The Labute approximate surface area is 87.9 Å². The van der Waals surface area contributed by atoms with Crippen molar-refractivity contribution in [3.05, 3.63) is 11.5 Å². The fourth-order valence-corrected chi connectivity index (χ4v) is 2.24. The molecule has 0 aromatic carbocycles. The number of aliphatic hydroxyl groups excluding tert-OH is 1. The first-order valence-electron chi connectivity index (χ1n) is 5.00. The lowest BCUT2D eigenvalue weighted by Gasteiger charge is -2.33. The van der Waals surface area contributed by atoms with Crippen molar-refractivity contribution in [1.82, 2.24) is 0 Å². The number of hydrogen-bond donors (Lipinski definition) is 3. The third-order valence-electron chi connectivity index (χ3n) is 3.07. The molecule has 0 unspecified atom stereocenters. The summed E-state index contributed by atoms with van der Waals surface area (Å²) in [7, 11) is 0. The number of hydrogen-bond acceptors (Lipinski definition) is 4. The minimum absolute atomic E-state index is 0.232. The Hall–Kier alpha value is -1.23. The van der Waals surface area contributed by atoms with Crippen LogP contribution in [0.3, 0.4) is 0 Å². The van der Waals surface area contributed by atoms with Gasteiger partial charge >= 0.3 is 11.9 Å². The van der Waals surface area contributed by atoms with Gasteiger partial charge in [0.1, 0.15) is 5.57 Å². The van der Waals surface area contributed by atoms with Crippen molar-refractivity contribution in [1.29, 1.82) is 0 Å². The van der Waals surface area contributed by atoms with Crippen LogP contribution in [0, 0.1) is 5.41 Å². The highest BCUT2D eigenvalue weighted by atomic mass is 17.1. The van der Waals surface area contributed by atoms with Gasteiger partial charge in [0, 0.05) is 5.41 Å². The molecule has 0 saturated heterocycles. The maximum absolute atomic E-state index is 11.0. The summed E-state index contributed by atoms with van der Waals surface area (Å²) in [5.74, 6) is -2.14. The van der Waals surface area contributed by atoms with Crippen LogP contribution in [0.15, 0.2) is 11.5 Å². The van der Waals surface area contributed by atoms with Crippen molar-refractivity contribution >= 4 is 5.97 Å². The largest absolute Gasteiger partial charge is 0.478 e. The molecule has 1 rings (SSSR count). The second-order valence-corrected chi connectivity index (χ2v) is 4.20. The van der Waals surface area contributed by atoms with Gasteiger partial charge in [-0.3, -0.25) is 0 Å². The van der Waals surface area contributed by atoms with Crippen LogP contribution in [0.5, 0.6) is 0 Å². The Morgan fingerprint density at radius 1 is 1.20 bits per heavy atom. The van der Waals surface area contributed by atoms with E-state index in [1.54, 1.807) is 6.92 Å². The monoisotopic (exact) mass is 216 g/mol. The summed E-state index contributed by atoms with van der Waals surface area (Å²) in [5, 5.41) is 26.5. The van der Waals surface area contributed by atoms with E-state index in [4.69, 9.17) is 10.4 Å². The van der Waals surface area contributed by atoms with E-state index in [0.717, 1.165) is 19.3 Å². The molecular weight excluding hydrogens is 200 g/mol. The summed E-state index contributed by atoms with van der Waals surface area (Å²) in [6, 6.07) is 0. The van der Waals surface area contributed by atoms with E-state index in [-0.39, 0.29) is 5.57 Å². The molecule has 1 saturated carbocycles. The SMILES string of the molecule is CC1(C(C(=O)O)=C(O)OO)CCCCC1. The van der Waals surface area contributed by atoms with Gasteiger partial charge in [0.2, 0.25) is 0 Å². The predicted octanol–water partition coefficient (Wildman–Crippen LogP) is 2.30. The molecule has 1 fully saturated rings. The Balaban J connectivity index is 3.03. The number of aliphatic carboxylic acids is 1. The van der Waals surface area contributed by atoms with Gasteiger partial charge in [-0.2, -0.15) is 5.26 Å². The van der Waals surface area contributed by atoms with Gasteiger partial charge < -0.3 is 15.1 Å². The van der Waals surface area contributed by atoms with E-state index < -0.39 is 17.3 Å². The van der Waals surface area contributed by atoms with Crippen LogP contribution in [0.4, 0.5) is 0 Å². The van der Waals surface area contributed by atoms with Gasteiger partial charge in [-0.15, -0.1) is 0 Å². The quantitative estimate of drug-likeness (QED) is 0.291. The summed E-state index contributed by atoms with van der Waals surface area (Å²) >= 11 is 0. The molecule has 0 heterocycles. The zero-order valence-electron chi connectivity index (χ0n) is 8.69. The second-order valence-electron chi connectivity index (χ2n) is 4.20. The number of carbonyl (C=O) groups is 1. The fraction of sp³-hybridized carbons (Fsp3) is 0.700. The van der Waals surface area contributed by atoms with Gasteiger partial charge in [-0.1, -0.05) is 26.2 Å². The van der Waals surface area contributed by atoms with Crippen LogP contribution < -0.4 is 0 Å². The zero-order chi connectivity index (χ0) is 11.5. The normalized spacial score (nSPS) is 21.7. The molecule has 0 bridgehead atoms. The topological polar surface area (TPSA) is 87.0 Å². The minimum Gasteiger partial charge on any atom is -0.478 e. The van der Waals surface area contributed by atoms with E-state index in [0.29, 0.717) is 12.8 Å². The Kier molecular flexibility index (Phi) is 3.57. The molecule has 1 aliphatic carbocycles. The number of carboxylic acids is 1. The van der Waals surface area contributed by atoms with E-state index in [1.807, 2.05) is 0 Å². The van der Waals surface area contributed by atoms with Crippen molar-refractivity contribution in [3.63, 3.8) is 0 Å². The van der Waals surface area contributed by atoms with Crippen LogP contribution in [-0.4, -0.2) is 21.4 Å². The van der Waals surface area contributed by atoms with Crippen molar-refractivity contribution in [2.75, 3.05) is 0 Å². The highest BCUT2D eigenvalue weighted by Gasteiger charge is 2.38. The third kappa shape index (κ3) is 2.41. The van der Waals surface area contributed by atoms with Crippen molar-refractivity contribution < 1.29 is 25.2 Å². The van der Waals surface area contributed by atoms with E-state index in [9.17, 15) is 9.90 Å². The van der Waals surface area contributed by atoms with E-state index in [1.165, 1.54) is 0 Å². The summed E-state index contributed by atoms with van der Waals surface area (Å²) in [5.41, 5.74) is -0.846. The Morgan fingerprint density at radius 3 is 2.13 bits per heavy atom. The summed E-state index contributed by atoms with van der Waals surface area (Å²) < 4.78 is 0. The number of aliphatic hydroxyl groups is 1. The molecule has 86 valence electrons. The summed E-state index contributed by atoms with van der Waals surface area (Å²) in [6.45, 7) is 1.77. The van der Waals surface area contributed by atoms with Crippen LogP contribution in [0.2, 0.25) is 0 Å². The fourth-order valence-electron chi connectivity index (χ4n) is 2.24. The van der Waals surface area contributed by atoms with Gasteiger partial charge in [-0.25, -0.2) is 4.79 Å². The average Bonchev–Trinajstić information content (AvgIpc) is 2.17. The van der Waals surface area contributed by atoms with Gasteiger partial charge in [0.05, 0.1) is 0 Å². The maximum Gasteiger partial charge on any atom is 0.339 e. The zero-order valence-corrected chi connectivity index (χ0v) is 8.69. The van der Waals surface area contributed by atoms with Crippen molar-refractivity contribution in [2.45, 2.75) is 39.0 Å². The lowest BCUT2D eigenvalue weighted by Crippen LogP contribution is -2.29. The van der Waals surface area contributed by atoms with Gasteiger partial charge in [0.25, 0.3) is 0 Å². The molecular formula is C10H16O5. The summed E-state index contributed by atoms with van der Waals surface area (Å²) in [6.07, 6.45) is 4.28. The van der Waals surface area contributed by atoms with Crippen molar-refractivity contribution in [3.8, 4) is 0 Å². The second kappa shape index (κ2) is 4.53. The first-order valence-corrected chi connectivity index (χ1v) is 5.00. The van der Waals surface area contributed by atoms with Crippen LogP contribution in [-0.2, 0) is 9.68 Å². The molecule has 0 aliphatic heterocycles. The molecule has 1 aliphatic rings. The minimum atomic E-state index is -1.24. The smallest absolute Gasteiger partial charge is 0.339 e. The van der Waals surface area contributed by atoms with Gasteiger partial charge in [0.15, 0.2) is 0 Å². The lowest BCUT2D eigenvalue weighted by molar-refractivity contribution is -0.238. The first kappa shape index (κ1) is 11.8. The average molecular weight is 216 g/mol. The molecule has 0 aromatic rings. The maximum atomic E-state index is 11.0. The highest BCUT2D eigenvalue weighted by molar-refractivity contribution is 5.88. The highest BCUT2D eigenvalue weighted by Crippen LogP contribution is 2.43. The predicted molar refractivity (Wildman–Crippen MR) is 52.2 cm³/mol. The summed E-state index contributed by atoms with van der Waals surface area (Å²) in [4.78, 5) is 14.6. The lowest BCUT2D eigenvalue weighted by atomic mass is 9.70. The number of rotatable bonds is 3. The van der Waals surface area contributed by atoms with Crippen LogP contribution >= 0.6 is 0 Å². The first-order chi connectivity index (χ1) is 7.01. The van der Waals surface area contributed by atoms with Crippen molar-refractivity contribution in [2.24, 2.45) is 5.41 Å². The molecule has 5 nitrogen and oxygen atoms in total. The molecule has 0 radical (unpaired) electrons. The molecule has 0 amide bonds. The Morgan fingerprint density at radius 2 is 1.73 bits per heavy atom. The van der Waals surface area contributed by atoms with E-state index >= 15 is 0 Å². The Bertz CT molecular complexity index is 276. The standard InChI is InChI=1S/C10H16O5/c1-10(5-3-2-4-6-10)7(8(11)12)9(13)15-14/h13-14H,2-6H2,1H3,(H,11,12). The van der Waals surface area contributed by atoms with E-state index in [2.05, 4.69) is 4.89 Å². The molecule has 3 N–H and O–H groups in total.